The number of aryl methyl sites for hydroxylation is 1. The molecular formula is C18H28N4O. The Hall–Kier alpha value is -1.46. The van der Waals surface area contributed by atoms with Crippen LogP contribution in [0.2, 0.25) is 0 Å². The molecule has 0 saturated carbocycles. The highest BCUT2D eigenvalue weighted by Gasteiger charge is 2.13. The van der Waals surface area contributed by atoms with Crippen LogP contribution in [0.25, 0.3) is 11.2 Å². The fourth-order valence-corrected chi connectivity index (χ4v) is 3.38. The van der Waals surface area contributed by atoms with Crippen LogP contribution in [0.15, 0.2) is 18.3 Å². The number of hydrogen-bond donors (Lipinski definition) is 0. The van der Waals surface area contributed by atoms with E-state index in [4.69, 9.17) is 9.72 Å². The number of ether oxygens (including phenoxy) is 1. The number of nitrogens with zero attached hydrogens (tertiary/aromatic N) is 4. The summed E-state index contributed by atoms with van der Waals surface area (Å²) in [7, 11) is 0. The predicted molar refractivity (Wildman–Crippen MR) is 92.6 cm³/mol. The Morgan fingerprint density at radius 3 is 2.87 bits per heavy atom. The van der Waals surface area contributed by atoms with Gasteiger partial charge < -0.3 is 14.2 Å². The molecule has 0 amide bonds. The molecule has 0 aliphatic carbocycles. The van der Waals surface area contributed by atoms with Crippen LogP contribution in [-0.2, 0) is 17.7 Å². The molecule has 0 radical (unpaired) electrons. The van der Waals surface area contributed by atoms with Gasteiger partial charge in [-0.05, 0) is 58.0 Å². The Kier molecular flexibility index (Phi) is 6.00. The van der Waals surface area contributed by atoms with Gasteiger partial charge in [-0.15, -0.1) is 0 Å². The highest BCUT2D eigenvalue weighted by Crippen LogP contribution is 2.16. The molecule has 1 saturated heterocycles. The van der Waals surface area contributed by atoms with Crippen LogP contribution >= 0.6 is 0 Å². The minimum absolute atomic E-state index is 0.720. The quantitative estimate of drug-likeness (QED) is 0.702. The SMILES string of the molecule is CCOCCn1c(CCCN2CCCCC2)nc2cccnc21. The van der Waals surface area contributed by atoms with Crippen molar-refractivity contribution in [2.24, 2.45) is 0 Å². The van der Waals surface area contributed by atoms with Crippen molar-refractivity contribution in [3.8, 4) is 0 Å². The van der Waals surface area contributed by atoms with E-state index in [1.54, 1.807) is 0 Å². The molecule has 5 nitrogen and oxygen atoms in total. The van der Waals surface area contributed by atoms with Gasteiger partial charge in [-0.25, -0.2) is 9.97 Å². The first-order chi connectivity index (χ1) is 11.4. The minimum atomic E-state index is 0.720. The van der Waals surface area contributed by atoms with Crippen LogP contribution in [-0.4, -0.2) is 52.3 Å². The summed E-state index contributed by atoms with van der Waals surface area (Å²) < 4.78 is 7.76. The van der Waals surface area contributed by atoms with E-state index in [-0.39, 0.29) is 0 Å². The van der Waals surface area contributed by atoms with E-state index in [0.29, 0.717) is 0 Å². The van der Waals surface area contributed by atoms with Crippen molar-refractivity contribution in [3.05, 3.63) is 24.2 Å². The maximum Gasteiger partial charge on any atom is 0.160 e. The third-order valence-electron chi connectivity index (χ3n) is 4.57. The summed E-state index contributed by atoms with van der Waals surface area (Å²) in [5.74, 6) is 1.15. The van der Waals surface area contributed by atoms with E-state index in [9.17, 15) is 0 Å². The largest absolute Gasteiger partial charge is 0.380 e. The Morgan fingerprint density at radius 2 is 2.04 bits per heavy atom. The maximum atomic E-state index is 5.53. The average Bonchev–Trinajstić information content (AvgIpc) is 2.94. The summed E-state index contributed by atoms with van der Waals surface area (Å²) >= 11 is 0. The fraction of sp³-hybridized carbons (Fsp3) is 0.667. The molecule has 5 heteroatoms. The van der Waals surface area contributed by atoms with Gasteiger partial charge in [0.25, 0.3) is 0 Å². The Labute approximate surface area is 138 Å². The molecule has 0 atom stereocenters. The lowest BCUT2D eigenvalue weighted by Gasteiger charge is -2.26. The first-order valence-electron chi connectivity index (χ1n) is 8.98. The number of rotatable bonds is 8. The summed E-state index contributed by atoms with van der Waals surface area (Å²) in [6, 6.07) is 4.01. The topological polar surface area (TPSA) is 43.2 Å². The Balaban J connectivity index is 1.64. The molecule has 2 aromatic heterocycles. The van der Waals surface area contributed by atoms with Gasteiger partial charge in [-0.3, -0.25) is 0 Å². The Morgan fingerprint density at radius 1 is 1.17 bits per heavy atom. The highest BCUT2D eigenvalue weighted by molar-refractivity contribution is 5.71. The highest BCUT2D eigenvalue weighted by atomic mass is 16.5. The van der Waals surface area contributed by atoms with Gasteiger partial charge in [0.05, 0.1) is 6.61 Å². The van der Waals surface area contributed by atoms with Gasteiger partial charge in [-0.1, -0.05) is 6.42 Å². The van der Waals surface area contributed by atoms with Crippen LogP contribution in [0.5, 0.6) is 0 Å². The molecule has 0 N–H and O–H groups in total. The lowest BCUT2D eigenvalue weighted by atomic mass is 10.1. The first-order valence-corrected chi connectivity index (χ1v) is 8.98. The third-order valence-corrected chi connectivity index (χ3v) is 4.57. The molecule has 2 aromatic rings. The Bertz CT molecular complexity index is 604. The molecule has 3 heterocycles. The summed E-state index contributed by atoms with van der Waals surface area (Å²) in [6.07, 6.45) is 8.14. The van der Waals surface area contributed by atoms with E-state index < -0.39 is 0 Å². The lowest BCUT2D eigenvalue weighted by molar-refractivity contribution is 0.139. The number of imidazole rings is 1. The minimum Gasteiger partial charge on any atom is -0.380 e. The van der Waals surface area contributed by atoms with Gasteiger partial charge >= 0.3 is 0 Å². The summed E-state index contributed by atoms with van der Waals surface area (Å²) in [5.41, 5.74) is 1.98. The van der Waals surface area contributed by atoms with Crippen molar-refractivity contribution >= 4 is 11.2 Å². The van der Waals surface area contributed by atoms with E-state index in [2.05, 4.69) is 14.5 Å². The molecule has 1 fully saturated rings. The zero-order valence-corrected chi connectivity index (χ0v) is 14.2. The molecule has 1 aliphatic rings. The number of likely N-dealkylation sites (tertiary alicyclic amines) is 1. The molecule has 23 heavy (non-hydrogen) atoms. The molecule has 0 aromatic carbocycles. The van der Waals surface area contributed by atoms with Gasteiger partial charge in [0, 0.05) is 25.8 Å². The molecular weight excluding hydrogens is 288 g/mol. The van der Waals surface area contributed by atoms with Crippen LogP contribution in [0.3, 0.4) is 0 Å². The van der Waals surface area contributed by atoms with Crippen molar-refractivity contribution in [1.82, 2.24) is 19.4 Å². The van der Waals surface area contributed by atoms with E-state index in [1.807, 2.05) is 25.3 Å². The summed E-state index contributed by atoms with van der Waals surface area (Å²) in [4.78, 5) is 11.9. The summed E-state index contributed by atoms with van der Waals surface area (Å²) in [6.45, 7) is 8.05. The molecule has 0 bridgehead atoms. The van der Waals surface area contributed by atoms with Crippen LogP contribution < -0.4 is 0 Å². The second-order valence-corrected chi connectivity index (χ2v) is 6.23. The zero-order chi connectivity index (χ0) is 15.9. The zero-order valence-electron chi connectivity index (χ0n) is 14.2. The maximum absolute atomic E-state index is 5.53. The third kappa shape index (κ3) is 4.30. The monoisotopic (exact) mass is 316 g/mol. The van der Waals surface area contributed by atoms with Crippen molar-refractivity contribution in [1.29, 1.82) is 0 Å². The molecule has 3 rings (SSSR count). The first kappa shape index (κ1) is 16.4. The molecule has 0 unspecified atom stereocenters. The second kappa shape index (κ2) is 8.41. The van der Waals surface area contributed by atoms with Gasteiger partial charge in [0.2, 0.25) is 0 Å². The second-order valence-electron chi connectivity index (χ2n) is 6.23. The van der Waals surface area contributed by atoms with Gasteiger partial charge in [0.15, 0.2) is 5.65 Å². The van der Waals surface area contributed by atoms with E-state index >= 15 is 0 Å². The number of pyridine rings is 1. The van der Waals surface area contributed by atoms with Gasteiger partial charge in [-0.2, -0.15) is 0 Å². The lowest BCUT2D eigenvalue weighted by Crippen LogP contribution is -2.30. The number of piperidine rings is 1. The number of fused-ring (bicyclic) bond motifs is 1. The van der Waals surface area contributed by atoms with Crippen molar-refractivity contribution in [2.75, 3.05) is 32.8 Å². The van der Waals surface area contributed by atoms with Crippen LogP contribution in [0, 0.1) is 0 Å². The predicted octanol–water partition coefficient (Wildman–Crippen LogP) is 2.89. The molecule has 126 valence electrons. The summed E-state index contributed by atoms with van der Waals surface area (Å²) in [5, 5.41) is 0. The number of hydrogen-bond acceptors (Lipinski definition) is 4. The van der Waals surface area contributed by atoms with Gasteiger partial charge in [0.1, 0.15) is 11.3 Å². The smallest absolute Gasteiger partial charge is 0.160 e. The van der Waals surface area contributed by atoms with Crippen LogP contribution in [0.4, 0.5) is 0 Å². The fourth-order valence-electron chi connectivity index (χ4n) is 3.38. The van der Waals surface area contributed by atoms with E-state index in [1.165, 1.54) is 38.9 Å². The molecule has 0 spiro atoms. The molecule has 1 aliphatic heterocycles. The number of aromatic nitrogens is 3. The average molecular weight is 316 g/mol. The van der Waals surface area contributed by atoms with Crippen LogP contribution in [0.1, 0.15) is 38.4 Å². The van der Waals surface area contributed by atoms with Crippen molar-refractivity contribution in [2.45, 2.75) is 45.6 Å². The van der Waals surface area contributed by atoms with E-state index in [0.717, 1.165) is 49.6 Å². The normalized spacial score (nSPS) is 16.2. The van der Waals surface area contributed by atoms with Crippen molar-refractivity contribution < 1.29 is 4.74 Å². The van der Waals surface area contributed by atoms with Crippen molar-refractivity contribution in [3.63, 3.8) is 0 Å². The standard InChI is InChI=1S/C18H28N4O/c1-2-23-15-14-22-17(20-16-8-6-10-19-18(16)22)9-7-13-21-11-4-3-5-12-21/h6,8,10H,2-5,7,9,11-15H2,1H3.